The standard InChI is InChI=1S/C16H29NO3/c1-5-11(3)17(12(4)6-2)15(18)13-9-7-8-10-14(13)16(19)20/h11-14H,5-10H2,1-4H3,(H,19,20)/t11-,12-,13-,14+/m1/s1. The van der Waals surface area contributed by atoms with Crippen molar-refractivity contribution in [3.8, 4) is 0 Å². The summed E-state index contributed by atoms with van der Waals surface area (Å²) in [6.45, 7) is 8.26. The van der Waals surface area contributed by atoms with E-state index < -0.39 is 11.9 Å². The van der Waals surface area contributed by atoms with Crippen LogP contribution >= 0.6 is 0 Å². The van der Waals surface area contributed by atoms with Gasteiger partial charge in [0.1, 0.15) is 0 Å². The van der Waals surface area contributed by atoms with Crippen molar-refractivity contribution >= 4 is 11.9 Å². The van der Waals surface area contributed by atoms with E-state index in [2.05, 4.69) is 27.7 Å². The third-order valence-corrected chi connectivity index (χ3v) is 4.79. The predicted molar refractivity (Wildman–Crippen MR) is 79.4 cm³/mol. The summed E-state index contributed by atoms with van der Waals surface area (Å²) in [6, 6.07) is 0.350. The number of carbonyl (C=O) groups is 2. The normalized spacial score (nSPS) is 25.8. The first-order chi connectivity index (χ1) is 9.43. The molecular formula is C16H29NO3. The third kappa shape index (κ3) is 3.74. The Morgan fingerprint density at radius 1 is 1.05 bits per heavy atom. The van der Waals surface area contributed by atoms with E-state index >= 15 is 0 Å². The van der Waals surface area contributed by atoms with Gasteiger partial charge in [-0.3, -0.25) is 9.59 Å². The highest BCUT2D eigenvalue weighted by atomic mass is 16.4. The highest BCUT2D eigenvalue weighted by Gasteiger charge is 2.39. The SMILES string of the molecule is CC[C@@H](C)N(C(=O)[C@@H]1CCCC[C@@H]1C(=O)O)[C@H](C)CC. The van der Waals surface area contributed by atoms with E-state index in [4.69, 9.17) is 0 Å². The van der Waals surface area contributed by atoms with Gasteiger partial charge in [-0.15, -0.1) is 0 Å². The quantitative estimate of drug-likeness (QED) is 0.813. The lowest BCUT2D eigenvalue weighted by Crippen LogP contribution is -2.50. The second-order valence-corrected chi connectivity index (χ2v) is 6.10. The molecule has 0 saturated heterocycles. The number of rotatable bonds is 6. The van der Waals surface area contributed by atoms with Crippen molar-refractivity contribution in [3.05, 3.63) is 0 Å². The maximum absolute atomic E-state index is 12.9. The first kappa shape index (κ1) is 17.0. The topological polar surface area (TPSA) is 57.6 Å². The molecular weight excluding hydrogens is 254 g/mol. The molecule has 116 valence electrons. The molecule has 0 aromatic rings. The molecule has 0 aromatic heterocycles. The number of carboxylic acid groups (broad SMARTS) is 1. The lowest BCUT2D eigenvalue weighted by Gasteiger charge is -2.39. The first-order valence-electron chi connectivity index (χ1n) is 7.98. The third-order valence-electron chi connectivity index (χ3n) is 4.79. The fraction of sp³-hybridized carbons (Fsp3) is 0.875. The van der Waals surface area contributed by atoms with E-state index in [1.807, 2.05) is 4.90 Å². The average molecular weight is 283 g/mol. The molecule has 1 N–H and O–H groups in total. The number of aliphatic carboxylic acids is 1. The van der Waals surface area contributed by atoms with Crippen LogP contribution < -0.4 is 0 Å². The Balaban J connectivity index is 2.94. The molecule has 4 heteroatoms. The van der Waals surface area contributed by atoms with Gasteiger partial charge in [0, 0.05) is 12.1 Å². The molecule has 0 aromatic carbocycles. The fourth-order valence-corrected chi connectivity index (χ4v) is 3.18. The van der Waals surface area contributed by atoms with Crippen LogP contribution in [-0.2, 0) is 9.59 Å². The number of amides is 1. The number of hydrogen-bond donors (Lipinski definition) is 1. The van der Waals surface area contributed by atoms with Crippen LogP contribution in [0.3, 0.4) is 0 Å². The van der Waals surface area contributed by atoms with Crippen molar-refractivity contribution in [1.29, 1.82) is 0 Å². The Bertz CT molecular complexity index is 333. The van der Waals surface area contributed by atoms with Crippen LogP contribution in [0.5, 0.6) is 0 Å². The lowest BCUT2D eigenvalue weighted by atomic mass is 9.78. The summed E-state index contributed by atoms with van der Waals surface area (Å²) in [5.41, 5.74) is 0. The zero-order valence-corrected chi connectivity index (χ0v) is 13.3. The van der Waals surface area contributed by atoms with Gasteiger partial charge in [0.05, 0.1) is 11.8 Å². The summed E-state index contributed by atoms with van der Waals surface area (Å²) in [7, 11) is 0. The molecule has 0 radical (unpaired) electrons. The van der Waals surface area contributed by atoms with Crippen molar-refractivity contribution in [2.75, 3.05) is 0 Å². The molecule has 1 amide bonds. The molecule has 0 spiro atoms. The zero-order valence-electron chi connectivity index (χ0n) is 13.3. The number of nitrogens with zero attached hydrogens (tertiary/aromatic N) is 1. The Labute approximate surface area is 122 Å². The van der Waals surface area contributed by atoms with E-state index in [0.29, 0.717) is 6.42 Å². The molecule has 20 heavy (non-hydrogen) atoms. The van der Waals surface area contributed by atoms with Crippen LogP contribution in [0.4, 0.5) is 0 Å². The van der Waals surface area contributed by atoms with Gasteiger partial charge in [-0.25, -0.2) is 0 Å². The van der Waals surface area contributed by atoms with Crippen LogP contribution in [0, 0.1) is 11.8 Å². The van der Waals surface area contributed by atoms with Crippen molar-refractivity contribution in [2.45, 2.75) is 78.3 Å². The molecule has 4 nitrogen and oxygen atoms in total. The van der Waals surface area contributed by atoms with Gasteiger partial charge in [-0.05, 0) is 39.5 Å². The van der Waals surface area contributed by atoms with Gasteiger partial charge in [-0.2, -0.15) is 0 Å². The summed E-state index contributed by atoms with van der Waals surface area (Å²) in [5.74, 6) is -1.58. The maximum atomic E-state index is 12.9. The smallest absolute Gasteiger partial charge is 0.307 e. The largest absolute Gasteiger partial charge is 0.481 e. The van der Waals surface area contributed by atoms with Gasteiger partial charge in [0.15, 0.2) is 0 Å². The Morgan fingerprint density at radius 3 is 1.90 bits per heavy atom. The van der Waals surface area contributed by atoms with Gasteiger partial charge in [0.2, 0.25) is 5.91 Å². The second kappa shape index (κ2) is 7.65. The van der Waals surface area contributed by atoms with Gasteiger partial charge < -0.3 is 10.0 Å². The molecule has 0 bridgehead atoms. The highest BCUT2D eigenvalue weighted by molar-refractivity contribution is 5.85. The average Bonchev–Trinajstić information content (AvgIpc) is 2.46. The molecule has 1 fully saturated rings. The van der Waals surface area contributed by atoms with E-state index in [9.17, 15) is 14.7 Å². The minimum atomic E-state index is -0.809. The van der Waals surface area contributed by atoms with E-state index in [1.54, 1.807) is 0 Å². The predicted octanol–water partition coefficient (Wildman–Crippen LogP) is 3.30. The summed E-state index contributed by atoms with van der Waals surface area (Å²) < 4.78 is 0. The van der Waals surface area contributed by atoms with Crippen LogP contribution in [0.1, 0.15) is 66.2 Å². The van der Waals surface area contributed by atoms with Crippen molar-refractivity contribution in [3.63, 3.8) is 0 Å². The molecule has 1 aliphatic carbocycles. The fourth-order valence-electron chi connectivity index (χ4n) is 3.18. The molecule has 1 aliphatic rings. The van der Waals surface area contributed by atoms with Gasteiger partial charge in [0.25, 0.3) is 0 Å². The molecule has 0 unspecified atom stereocenters. The maximum Gasteiger partial charge on any atom is 0.307 e. The molecule has 1 rings (SSSR count). The second-order valence-electron chi connectivity index (χ2n) is 6.10. The molecule has 0 heterocycles. The summed E-state index contributed by atoms with van der Waals surface area (Å²) in [5, 5.41) is 9.36. The van der Waals surface area contributed by atoms with Gasteiger partial charge in [-0.1, -0.05) is 26.7 Å². The summed E-state index contributed by atoms with van der Waals surface area (Å²) >= 11 is 0. The molecule has 1 saturated carbocycles. The lowest BCUT2D eigenvalue weighted by molar-refractivity contribution is -0.154. The Hall–Kier alpha value is -1.06. The Kier molecular flexibility index (Phi) is 6.50. The molecule has 4 atom stereocenters. The van der Waals surface area contributed by atoms with Crippen LogP contribution in [-0.4, -0.2) is 34.0 Å². The number of carbonyl (C=O) groups excluding carboxylic acids is 1. The van der Waals surface area contributed by atoms with Gasteiger partial charge >= 0.3 is 5.97 Å². The highest BCUT2D eigenvalue weighted by Crippen LogP contribution is 2.33. The summed E-state index contributed by atoms with van der Waals surface area (Å²) in [6.07, 6.45) is 5.06. The zero-order chi connectivity index (χ0) is 15.3. The van der Waals surface area contributed by atoms with Crippen LogP contribution in [0.15, 0.2) is 0 Å². The van der Waals surface area contributed by atoms with Crippen molar-refractivity contribution < 1.29 is 14.7 Å². The van der Waals surface area contributed by atoms with E-state index in [-0.39, 0.29) is 23.9 Å². The van der Waals surface area contributed by atoms with Crippen LogP contribution in [0.2, 0.25) is 0 Å². The minimum Gasteiger partial charge on any atom is -0.481 e. The summed E-state index contributed by atoms with van der Waals surface area (Å²) in [4.78, 5) is 26.2. The monoisotopic (exact) mass is 283 g/mol. The van der Waals surface area contributed by atoms with Crippen LogP contribution in [0.25, 0.3) is 0 Å². The van der Waals surface area contributed by atoms with E-state index in [0.717, 1.165) is 32.1 Å². The number of hydrogen-bond acceptors (Lipinski definition) is 2. The number of carboxylic acids is 1. The minimum absolute atomic E-state index is 0.0563. The molecule has 0 aliphatic heterocycles. The Morgan fingerprint density at radius 2 is 1.50 bits per heavy atom. The van der Waals surface area contributed by atoms with E-state index in [1.165, 1.54) is 0 Å². The van der Waals surface area contributed by atoms with Crippen molar-refractivity contribution in [2.24, 2.45) is 11.8 Å². The van der Waals surface area contributed by atoms with Crippen molar-refractivity contribution in [1.82, 2.24) is 4.90 Å². The first-order valence-corrected chi connectivity index (χ1v) is 7.98.